The topological polar surface area (TPSA) is 98.1 Å². The minimum Gasteiger partial charge on any atom is -0.481 e. The summed E-state index contributed by atoms with van der Waals surface area (Å²) in [6.07, 6.45) is 5.24. The van der Waals surface area contributed by atoms with Gasteiger partial charge in [0.05, 0.1) is 31.6 Å². The van der Waals surface area contributed by atoms with E-state index in [2.05, 4.69) is 46.3 Å². The first-order valence-corrected chi connectivity index (χ1v) is 14.4. The van der Waals surface area contributed by atoms with Crippen molar-refractivity contribution < 1.29 is 9.53 Å². The number of amides is 1. The van der Waals surface area contributed by atoms with E-state index in [1.165, 1.54) is 0 Å². The van der Waals surface area contributed by atoms with E-state index in [0.29, 0.717) is 23.9 Å². The van der Waals surface area contributed by atoms with Crippen LogP contribution in [0.1, 0.15) is 74.1 Å². The number of pyridine rings is 2. The molecule has 212 valence electrons. The minimum atomic E-state index is -0.164. The smallest absolute Gasteiger partial charge is 0.237 e. The SMILES string of the molecule is CC.CC.CC.CC.CNC(=O)C1CCCN1Cc1nnc(-c2ccc(Br)cn2)n1-c1ccc(OC)nc1. The fourth-order valence-electron chi connectivity index (χ4n) is 3.65. The first kappa shape index (κ1) is 35.2. The van der Waals surface area contributed by atoms with Gasteiger partial charge in [0.15, 0.2) is 11.6 Å². The van der Waals surface area contributed by atoms with Crippen molar-refractivity contribution in [3.63, 3.8) is 0 Å². The van der Waals surface area contributed by atoms with Crippen molar-refractivity contribution >= 4 is 21.8 Å². The van der Waals surface area contributed by atoms with E-state index in [-0.39, 0.29) is 11.9 Å². The largest absolute Gasteiger partial charge is 0.481 e. The number of ether oxygens (including phenoxy) is 1. The molecule has 4 heterocycles. The molecular formula is C28H46BrN7O2. The molecule has 0 bridgehead atoms. The van der Waals surface area contributed by atoms with Gasteiger partial charge in [0.1, 0.15) is 5.69 Å². The lowest BCUT2D eigenvalue weighted by Crippen LogP contribution is -2.41. The molecule has 0 aromatic carbocycles. The van der Waals surface area contributed by atoms with E-state index >= 15 is 0 Å². The van der Waals surface area contributed by atoms with Crippen LogP contribution in [0.2, 0.25) is 0 Å². The maximum absolute atomic E-state index is 12.3. The third-order valence-corrected chi connectivity index (χ3v) is 5.60. The number of carbonyl (C=O) groups excluding carboxylic acids is 1. The van der Waals surface area contributed by atoms with Crippen molar-refractivity contribution in [2.24, 2.45) is 0 Å². The van der Waals surface area contributed by atoms with Gasteiger partial charge < -0.3 is 10.1 Å². The van der Waals surface area contributed by atoms with E-state index in [4.69, 9.17) is 4.74 Å². The Morgan fingerprint density at radius 1 is 1.00 bits per heavy atom. The Hall–Kier alpha value is -2.85. The van der Waals surface area contributed by atoms with E-state index < -0.39 is 0 Å². The Bertz CT molecular complexity index is 1020. The summed E-state index contributed by atoms with van der Waals surface area (Å²) in [6.45, 7) is 17.3. The number of aromatic nitrogens is 5. The maximum atomic E-state index is 12.3. The lowest BCUT2D eigenvalue weighted by molar-refractivity contribution is -0.125. The summed E-state index contributed by atoms with van der Waals surface area (Å²) in [6, 6.07) is 7.33. The van der Waals surface area contributed by atoms with Gasteiger partial charge in [0, 0.05) is 23.8 Å². The van der Waals surface area contributed by atoms with E-state index in [1.807, 2.05) is 78.2 Å². The number of hydrogen-bond donors (Lipinski definition) is 1. The molecule has 0 aliphatic carbocycles. The normalized spacial score (nSPS) is 13.7. The summed E-state index contributed by atoms with van der Waals surface area (Å²) in [5, 5.41) is 11.6. The quantitative estimate of drug-likeness (QED) is 0.358. The number of methoxy groups -OCH3 is 1. The number of likely N-dealkylation sites (tertiary alicyclic amines) is 1. The van der Waals surface area contributed by atoms with Gasteiger partial charge in [-0.05, 0) is 53.5 Å². The average molecular weight is 593 g/mol. The number of nitrogens with zero attached hydrogens (tertiary/aromatic N) is 6. The molecule has 1 atom stereocenters. The van der Waals surface area contributed by atoms with Crippen LogP contribution in [0.15, 0.2) is 41.1 Å². The monoisotopic (exact) mass is 591 g/mol. The second-order valence-corrected chi connectivity index (χ2v) is 7.85. The van der Waals surface area contributed by atoms with Gasteiger partial charge in [-0.15, -0.1) is 10.2 Å². The zero-order valence-electron chi connectivity index (χ0n) is 24.7. The number of carbonyl (C=O) groups is 1. The Labute approximate surface area is 237 Å². The summed E-state index contributed by atoms with van der Waals surface area (Å²) in [4.78, 5) is 23.2. The Morgan fingerprint density at radius 2 is 1.68 bits per heavy atom. The molecule has 3 aromatic rings. The molecule has 10 heteroatoms. The Kier molecular flexibility index (Phi) is 18.6. The third-order valence-electron chi connectivity index (χ3n) is 5.13. The zero-order valence-corrected chi connectivity index (χ0v) is 26.3. The molecule has 3 aromatic heterocycles. The number of hydrogen-bond acceptors (Lipinski definition) is 7. The number of likely N-dealkylation sites (N-methyl/N-ethyl adjacent to an activating group) is 1. The van der Waals surface area contributed by atoms with Crippen molar-refractivity contribution in [3.8, 4) is 23.1 Å². The molecular weight excluding hydrogens is 546 g/mol. The van der Waals surface area contributed by atoms with Crippen molar-refractivity contribution in [2.45, 2.75) is 80.8 Å². The molecule has 1 aliphatic heterocycles. The van der Waals surface area contributed by atoms with Gasteiger partial charge >= 0.3 is 0 Å². The van der Waals surface area contributed by atoms with Crippen LogP contribution in [-0.4, -0.2) is 62.3 Å². The Balaban J connectivity index is 0.00000157. The number of rotatable bonds is 6. The molecule has 9 nitrogen and oxygen atoms in total. The lowest BCUT2D eigenvalue weighted by Gasteiger charge is -2.22. The van der Waals surface area contributed by atoms with Crippen LogP contribution in [0, 0.1) is 0 Å². The first-order chi connectivity index (χ1) is 18.6. The third kappa shape index (κ3) is 9.47. The Morgan fingerprint density at radius 3 is 2.21 bits per heavy atom. The van der Waals surface area contributed by atoms with Gasteiger partial charge in [-0.2, -0.15) is 0 Å². The molecule has 1 N–H and O–H groups in total. The van der Waals surface area contributed by atoms with Crippen LogP contribution in [0.3, 0.4) is 0 Å². The zero-order chi connectivity index (χ0) is 29.1. The van der Waals surface area contributed by atoms with E-state index in [0.717, 1.165) is 35.4 Å². The predicted molar refractivity (Wildman–Crippen MR) is 160 cm³/mol. The van der Waals surface area contributed by atoms with Gasteiger partial charge in [-0.3, -0.25) is 19.2 Å². The second-order valence-electron chi connectivity index (χ2n) is 6.94. The van der Waals surface area contributed by atoms with Crippen molar-refractivity contribution in [3.05, 3.63) is 47.0 Å². The summed E-state index contributed by atoms with van der Waals surface area (Å²) in [5.41, 5.74) is 1.49. The minimum absolute atomic E-state index is 0.0273. The fourth-order valence-corrected chi connectivity index (χ4v) is 3.88. The van der Waals surface area contributed by atoms with Gasteiger partial charge in [-0.1, -0.05) is 55.4 Å². The van der Waals surface area contributed by atoms with Crippen molar-refractivity contribution in [2.75, 3.05) is 20.7 Å². The molecule has 1 saturated heterocycles. The van der Waals surface area contributed by atoms with Crippen LogP contribution >= 0.6 is 15.9 Å². The highest BCUT2D eigenvalue weighted by Crippen LogP contribution is 2.26. The average Bonchev–Trinajstić information content (AvgIpc) is 3.65. The summed E-state index contributed by atoms with van der Waals surface area (Å²) in [7, 11) is 3.25. The maximum Gasteiger partial charge on any atom is 0.237 e. The van der Waals surface area contributed by atoms with Crippen molar-refractivity contribution in [1.29, 1.82) is 0 Å². The first-order valence-electron chi connectivity index (χ1n) is 13.6. The highest BCUT2D eigenvalue weighted by atomic mass is 79.9. The summed E-state index contributed by atoms with van der Waals surface area (Å²) >= 11 is 3.41. The molecule has 38 heavy (non-hydrogen) atoms. The van der Waals surface area contributed by atoms with Crippen LogP contribution in [-0.2, 0) is 11.3 Å². The highest BCUT2D eigenvalue weighted by molar-refractivity contribution is 9.10. The van der Waals surface area contributed by atoms with Gasteiger partial charge in [0.25, 0.3) is 0 Å². The molecule has 1 unspecified atom stereocenters. The molecule has 0 radical (unpaired) electrons. The molecule has 0 saturated carbocycles. The van der Waals surface area contributed by atoms with Crippen LogP contribution < -0.4 is 10.1 Å². The molecule has 1 aliphatic rings. The van der Waals surface area contributed by atoms with Crippen molar-refractivity contribution in [1.82, 2.24) is 34.9 Å². The fraction of sp³-hybridized carbons (Fsp3) is 0.536. The summed E-state index contributed by atoms with van der Waals surface area (Å²) in [5.74, 6) is 1.88. The molecule has 4 rings (SSSR count). The highest BCUT2D eigenvalue weighted by Gasteiger charge is 2.31. The van der Waals surface area contributed by atoms with Crippen LogP contribution in [0.25, 0.3) is 17.2 Å². The molecule has 0 spiro atoms. The van der Waals surface area contributed by atoms with E-state index in [9.17, 15) is 4.79 Å². The lowest BCUT2D eigenvalue weighted by atomic mass is 10.2. The number of halogens is 1. The van der Waals surface area contributed by atoms with Gasteiger partial charge in [0.2, 0.25) is 11.8 Å². The molecule has 1 fully saturated rings. The van der Waals surface area contributed by atoms with Crippen LogP contribution in [0.4, 0.5) is 0 Å². The number of nitrogens with one attached hydrogen (secondary N) is 1. The standard InChI is InChI=1S/C20H22BrN7O2.4C2H6/c1-22-20(29)16-4-3-9-27(16)12-17-25-26-19(15-7-5-13(21)10-23-15)28(17)14-6-8-18(30-2)24-11-14;4*1-2/h5-8,10-11,16H,3-4,9,12H2,1-2H3,(H,22,29);4*1-2H3. The molecule has 1 amide bonds. The van der Waals surface area contributed by atoms with Gasteiger partial charge in [-0.25, -0.2) is 4.98 Å². The second kappa shape index (κ2) is 20.2. The predicted octanol–water partition coefficient (Wildman–Crippen LogP) is 6.31. The summed E-state index contributed by atoms with van der Waals surface area (Å²) < 4.78 is 8.00. The van der Waals surface area contributed by atoms with E-state index in [1.54, 1.807) is 32.6 Å². The van der Waals surface area contributed by atoms with Crippen LogP contribution in [0.5, 0.6) is 5.88 Å².